The van der Waals surface area contributed by atoms with Gasteiger partial charge in [0.2, 0.25) is 5.82 Å². The topological polar surface area (TPSA) is 121 Å². The van der Waals surface area contributed by atoms with Crippen LogP contribution < -0.4 is 15.4 Å². The van der Waals surface area contributed by atoms with E-state index in [-0.39, 0.29) is 23.8 Å². The van der Waals surface area contributed by atoms with Gasteiger partial charge in [-0.05, 0) is 74.2 Å². The van der Waals surface area contributed by atoms with Crippen LogP contribution in [0.5, 0.6) is 5.75 Å². The number of methoxy groups -OCH3 is 1. The van der Waals surface area contributed by atoms with Crippen LogP contribution in [0.15, 0.2) is 48.9 Å². The second-order valence-electron chi connectivity index (χ2n) is 10.2. The van der Waals surface area contributed by atoms with Crippen LogP contribution in [0.1, 0.15) is 35.7 Å². The van der Waals surface area contributed by atoms with E-state index in [1.165, 1.54) is 31.6 Å². The van der Waals surface area contributed by atoms with Crippen LogP contribution in [-0.2, 0) is 11.2 Å². The number of hydrogen-bond donors (Lipinski definition) is 3. The molecular formula is C30H32F2N6O4. The van der Waals surface area contributed by atoms with Crippen molar-refractivity contribution in [3.63, 3.8) is 0 Å². The van der Waals surface area contributed by atoms with Gasteiger partial charge in [0.05, 0.1) is 25.5 Å². The van der Waals surface area contributed by atoms with Crippen molar-refractivity contribution in [1.82, 2.24) is 24.6 Å². The Morgan fingerprint density at radius 2 is 1.90 bits per heavy atom. The predicted molar refractivity (Wildman–Crippen MR) is 153 cm³/mol. The fraction of sp³-hybridized carbons (Fsp3) is 0.333. The Hall–Kier alpha value is -4.58. The predicted octanol–water partition coefficient (Wildman–Crippen LogP) is 4.52. The number of aromatic nitrogens is 3. The summed E-state index contributed by atoms with van der Waals surface area (Å²) in [6.45, 7) is 3.97. The maximum Gasteiger partial charge on any atom is 0.317 e. The Labute approximate surface area is 241 Å². The third-order valence-electron chi connectivity index (χ3n) is 7.58. The first-order chi connectivity index (χ1) is 20.3. The lowest BCUT2D eigenvalue weighted by Crippen LogP contribution is -2.40. The summed E-state index contributed by atoms with van der Waals surface area (Å²) < 4.78 is 35.7. The van der Waals surface area contributed by atoms with Crippen LogP contribution in [-0.4, -0.2) is 69.5 Å². The van der Waals surface area contributed by atoms with Crippen molar-refractivity contribution in [2.45, 2.75) is 26.2 Å². The molecule has 0 saturated carbocycles. The monoisotopic (exact) mass is 578 g/mol. The van der Waals surface area contributed by atoms with Crippen LogP contribution >= 0.6 is 0 Å². The van der Waals surface area contributed by atoms with Crippen molar-refractivity contribution in [2.24, 2.45) is 5.92 Å². The summed E-state index contributed by atoms with van der Waals surface area (Å²) in [6, 6.07) is 8.23. The van der Waals surface area contributed by atoms with Crippen molar-refractivity contribution in [3.8, 4) is 17.0 Å². The molecule has 10 nitrogen and oxygen atoms in total. The minimum Gasteiger partial charge on any atom is -0.494 e. The van der Waals surface area contributed by atoms with Crippen LogP contribution in [0.2, 0.25) is 0 Å². The highest BCUT2D eigenvalue weighted by Gasteiger charge is 2.22. The second-order valence-corrected chi connectivity index (χ2v) is 10.2. The maximum atomic E-state index is 14.8. The van der Waals surface area contributed by atoms with E-state index in [2.05, 4.69) is 20.6 Å². The van der Waals surface area contributed by atoms with E-state index in [0.29, 0.717) is 60.4 Å². The number of hydrogen-bond acceptors (Lipinski definition) is 7. The molecule has 0 spiro atoms. The maximum absolute atomic E-state index is 14.8. The highest BCUT2D eigenvalue weighted by atomic mass is 19.2. The first kappa shape index (κ1) is 28.9. The van der Waals surface area contributed by atoms with E-state index >= 15 is 0 Å². The average molecular weight is 579 g/mol. The van der Waals surface area contributed by atoms with Gasteiger partial charge in [-0.1, -0.05) is 6.92 Å². The minimum absolute atomic E-state index is 0.0346. The van der Waals surface area contributed by atoms with Gasteiger partial charge in [0.25, 0.3) is 5.91 Å². The molecule has 12 heteroatoms. The summed E-state index contributed by atoms with van der Waals surface area (Å²) >= 11 is 0. The summed E-state index contributed by atoms with van der Waals surface area (Å²) in [5.41, 5.74) is 2.92. The molecule has 3 N–H and O–H groups in total. The van der Waals surface area contributed by atoms with Gasteiger partial charge in [-0.2, -0.15) is 4.39 Å². The molecule has 3 heterocycles. The lowest BCUT2D eigenvalue weighted by Gasteiger charge is -2.30. The van der Waals surface area contributed by atoms with Gasteiger partial charge < -0.3 is 20.5 Å². The van der Waals surface area contributed by atoms with Gasteiger partial charge in [-0.15, -0.1) is 0 Å². The number of fused-ring (bicyclic) bond motifs is 1. The fourth-order valence-electron chi connectivity index (χ4n) is 5.29. The quantitative estimate of drug-likeness (QED) is 0.251. The Morgan fingerprint density at radius 1 is 1.12 bits per heavy atom. The van der Waals surface area contributed by atoms with E-state index in [9.17, 15) is 18.4 Å². The van der Waals surface area contributed by atoms with E-state index in [1.807, 2.05) is 17.9 Å². The van der Waals surface area contributed by atoms with Crippen molar-refractivity contribution >= 4 is 29.0 Å². The standard InChI is InChI=1S/C30H32F2N6O4/c1-3-19-14-20(4-5-21(19)30(41)35-15-18-8-11-37(12-9-18)17-25(39)40)36-28-29-34-16-23(38(29)13-10-33-28)22-6-7-24(42-2)27(32)26(22)31/h4-7,10,13-14,16,18H,3,8-9,11-12,15,17H2,1-2H3,(H,33,36)(H,35,41)(H,39,40). The Morgan fingerprint density at radius 3 is 2.62 bits per heavy atom. The minimum atomic E-state index is -1.07. The Kier molecular flexibility index (Phi) is 8.62. The van der Waals surface area contributed by atoms with Gasteiger partial charge in [0.1, 0.15) is 0 Å². The second kappa shape index (κ2) is 12.5. The number of ether oxygens (including phenoxy) is 1. The molecule has 1 saturated heterocycles. The summed E-state index contributed by atoms with van der Waals surface area (Å²) in [5, 5.41) is 15.2. The number of carboxylic acid groups (broad SMARTS) is 1. The zero-order valence-corrected chi connectivity index (χ0v) is 23.4. The highest BCUT2D eigenvalue weighted by molar-refractivity contribution is 5.96. The number of amides is 1. The van der Waals surface area contributed by atoms with E-state index in [1.54, 1.807) is 22.7 Å². The number of carbonyl (C=O) groups excluding carboxylic acids is 1. The Bertz CT molecular complexity index is 1620. The molecule has 42 heavy (non-hydrogen) atoms. The lowest BCUT2D eigenvalue weighted by atomic mass is 9.96. The largest absolute Gasteiger partial charge is 0.494 e. The first-order valence-corrected chi connectivity index (χ1v) is 13.8. The SMILES string of the molecule is CCc1cc(Nc2nccn3c(-c4ccc(OC)c(F)c4F)cnc23)ccc1C(=O)NCC1CCN(CC(=O)O)CC1. The fourth-order valence-corrected chi connectivity index (χ4v) is 5.29. The van der Waals surface area contributed by atoms with Gasteiger partial charge in [-0.3, -0.25) is 18.9 Å². The molecule has 1 aliphatic rings. The van der Waals surface area contributed by atoms with Gasteiger partial charge >= 0.3 is 5.97 Å². The molecule has 220 valence electrons. The molecule has 0 atom stereocenters. The van der Waals surface area contributed by atoms with Gasteiger partial charge in [0.15, 0.2) is 23.0 Å². The summed E-state index contributed by atoms with van der Waals surface area (Å²) in [7, 11) is 1.27. The normalized spacial score (nSPS) is 14.2. The van der Waals surface area contributed by atoms with Gasteiger partial charge in [0, 0.05) is 35.8 Å². The number of aryl methyl sites for hydroxylation is 1. The third-order valence-corrected chi connectivity index (χ3v) is 7.58. The number of halogens is 2. The number of nitrogens with zero attached hydrogens (tertiary/aromatic N) is 4. The number of imidazole rings is 1. The van der Waals surface area contributed by atoms with Crippen LogP contribution in [0, 0.1) is 17.6 Å². The van der Waals surface area contributed by atoms with Crippen molar-refractivity contribution < 1.29 is 28.2 Å². The van der Waals surface area contributed by atoms with E-state index in [0.717, 1.165) is 18.4 Å². The average Bonchev–Trinajstić information content (AvgIpc) is 3.42. The van der Waals surface area contributed by atoms with Crippen molar-refractivity contribution in [1.29, 1.82) is 0 Å². The molecule has 1 aliphatic heterocycles. The summed E-state index contributed by atoms with van der Waals surface area (Å²) in [6.07, 6.45) is 6.90. The highest BCUT2D eigenvalue weighted by Crippen LogP contribution is 2.31. The Balaban J connectivity index is 1.29. The molecule has 1 amide bonds. The number of carbonyl (C=O) groups is 2. The number of piperidine rings is 1. The number of rotatable bonds is 10. The van der Waals surface area contributed by atoms with Crippen molar-refractivity contribution in [3.05, 3.63) is 71.7 Å². The third kappa shape index (κ3) is 6.03. The van der Waals surface area contributed by atoms with E-state index in [4.69, 9.17) is 9.84 Å². The van der Waals surface area contributed by atoms with Crippen LogP contribution in [0.25, 0.3) is 16.9 Å². The van der Waals surface area contributed by atoms with E-state index < -0.39 is 17.6 Å². The molecule has 0 unspecified atom stereocenters. The molecule has 0 bridgehead atoms. The molecule has 0 radical (unpaired) electrons. The zero-order valence-electron chi connectivity index (χ0n) is 23.4. The lowest BCUT2D eigenvalue weighted by molar-refractivity contribution is -0.138. The summed E-state index contributed by atoms with van der Waals surface area (Å²) in [4.78, 5) is 34.7. The molecule has 4 aromatic rings. The number of carboxylic acids is 1. The molecule has 2 aromatic carbocycles. The zero-order chi connectivity index (χ0) is 29.8. The van der Waals surface area contributed by atoms with Crippen LogP contribution in [0.3, 0.4) is 0 Å². The number of likely N-dealkylation sites (tertiary alicyclic amines) is 1. The number of aliphatic carboxylic acids is 1. The summed E-state index contributed by atoms with van der Waals surface area (Å²) in [5.74, 6) is -2.56. The smallest absolute Gasteiger partial charge is 0.317 e. The molecular weight excluding hydrogens is 546 g/mol. The molecule has 5 rings (SSSR count). The number of benzene rings is 2. The van der Waals surface area contributed by atoms with Gasteiger partial charge in [-0.25, -0.2) is 14.4 Å². The number of nitrogens with one attached hydrogen (secondary N) is 2. The van der Waals surface area contributed by atoms with Crippen molar-refractivity contribution in [2.75, 3.05) is 38.6 Å². The molecule has 1 fully saturated rings. The molecule has 0 aliphatic carbocycles. The molecule has 2 aromatic heterocycles. The number of anilines is 2. The van der Waals surface area contributed by atoms with Crippen LogP contribution in [0.4, 0.5) is 20.3 Å². The first-order valence-electron chi connectivity index (χ1n) is 13.8.